The second-order valence-electron chi connectivity index (χ2n) is 4.32. The van der Waals surface area contributed by atoms with Crippen LogP contribution in [0.5, 0.6) is 0 Å². The first-order valence-corrected chi connectivity index (χ1v) is 5.80. The number of nitrogens with two attached hydrogens (primary N) is 1. The van der Waals surface area contributed by atoms with Gasteiger partial charge in [0.25, 0.3) is 5.91 Å². The highest BCUT2D eigenvalue weighted by Gasteiger charge is 2.23. The zero-order valence-electron chi connectivity index (χ0n) is 10.7. The molecule has 0 radical (unpaired) electrons. The number of carbonyl (C=O) groups is 2. The third kappa shape index (κ3) is 4.02. The normalized spacial score (nSPS) is 13.1. The van der Waals surface area contributed by atoms with E-state index in [1.807, 2.05) is 6.07 Å². The number of hydrogen-bond acceptors (Lipinski definition) is 3. The third-order valence-corrected chi connectivity index (χ3v) is 2.63. The third-order valence-electron chi connectivity index (χ3n) is 2.63. The molecule has 5 nitrogen and oxygen atoms in total. The van der Waals surface area contributed by atoms with E-state index in [2.05, 4.69) is 5.32 Å². The summed E-state index contributed by atoms with van der Waals surface area (Å²) >= 11 is 0. The van der Waals surface area contributed by atoms with E-state index >= 15 is 0 Å². The molecule has 0 heterocycles. The van der Waals surface area contributed by atoms with E-state index < -0.39 is 41.0 Å². The maximum atomic E-state index is 13.4. The van der Waals surface area contributed by atoms with Crippen molar-refractivity contribution in [2.24, 2.45) is 11.7 Å². The van der Waals surface area contributed by atoms with E-state index in [1.165, 1.54) is 0 Å². The van der Waals surface area contributed by atoms with Crippen molar-refractivity contribution in [3.63, 3.8) is 0 Å². The van der Waals surface area contributed by atoms with E-state index in [-0.39, 0.29) is 6.42 Å². The molecule has 0 aliphatic rings. The van der Waals surface area contributed by atoms with Crippen LogP contribution in [0.3, 0.4) is 0 Å². The van der Waals surface area contributed by atoms with Gasteiger partial charge in [-0.2, -0.15) is 5.26 Å². The molecule has 20 heavy (non-hydrogen) atoms. The standard InChI is InChI=1S/C13H13F2N3O2/c1-7(6-16)4-11(12(17)19)18-13(20)9-3-2-8(14)5-10(9)15/h2-3,5,7,11H,4H2,1H3,(H2,17,19)(H,18,20)/t7-,11+/m1/s1. The number of hydrogen-bond donors (Lipinski definition) is 2. The van der Waals surface area contributed by atoms with Crippen molar-refractivity contribution in [1.82, 2.24) is 5.32 Å². The zero-order valence-corrected chi connectivity index (χ0v) is 10.7. The fourth-order valence-electron chi connectivity index (χ4n) is 1.56. The van der Waals surface area contributed by atoms with Gasteiger partial charge in [-0.1, -0.05) is 0 Å². The lowest BCUT2D eigenvalue weighted by atomic mass is 10.0. The van der Waals surface area contributed by atoms with Crippen molar-refractivity contribution in [2.75, 3.05) is 0 Å². The average molecular weight is 281 g/mol. The van der Waals surface area contributed by atoms with Crippen LogP contribution in [0.15, 0.2) is 18.2 Å². The SMILES string of the molecule is C[C@@H](C#N)C[C@H](NC(=O)c1ccc(F)cc1F)C(N)=O. The Morgan fingerprint density at radius 2 is 2.10 bits per heavy atom. The van der Waals surface area contributed by atoms with Gasteiger partial charge in [-0.15, -0.1) is 0 Å². The molecule has 0 aromatic heterocycles. The predicted octanol–water partition coefficient (Wildman–Crippen LogP) is 1.10. The topological polar surface area (TPSA) is 96.0 Å². The molecular weight excluding hydrogens is 268 g/mol. The molecular formula is C13H13F2N3O2. The molecule has 1 rings (SSSR count). The molecule has 0 saturated carbocycles. The van der Waals surface area contributed by atoms with Crippen molar-refractivity contribution in [1.29, 1.82) is 5.26 Å². The molecule has 0 bridgehead atoms. The van der Waals surface area contributed by atoms with Gasteiger partial charge in [-0.3, -0.25) is 9.59 Å². The summed E-state index contributed by atoms with van der Waals surface area (Å²) in [4.78, 5) is 23.0. The number of amides is 2. The van der Waals surface area contributed by atoms with E-state index in [0.29, 0.717) is 6.07 Å². The number of nitrogens with one attached hydrogen (secondary N) is 1. The second-order valence-corrected chi connectivity index (χ2v) is 4.32. The van der Waals surface area contributed by atoms with Gasteiger partial charge in [0.1, 0.15) is 17.7 Å². The number of halogens is 2. The summed E-state index contributed by atoms with van der Waals surface area (Å²) < 4.78 is 26.1. The summed E-state index contributed by atoms with van der Waals surface area (Å²) in [6, 6.07) is 3.26. The molecule has 0 spiro atoms. The lowest BCUT2D eigenvalue weighted by molar-refractivity contribution is -0.120. The molecule has 1 aromatic carbocycles. The molecule has 3 N–H and O–H groups in total. The minimum atomic E-state index is -1.10. The first-order valence-electron chi connectivity index (χ1n) is 5.80. The van der Waals surface area contributed by atoms with Gasteiger partial charge >= 0.3 is 0 Å². The minimum Gasteiger partial charge on any atom is -0.368 e. The smallest absolute Gasteiger partial charge is 0.254 e. The fraction of sp³-hybridized carbons (Fsp3) is 0.308. The first kappa shape index (κ1) is 15.6. The van der Waals surface area contributed by atoms with Crippen molar-refractivity contribution < 1.29 is 18.4 Å². The number of rotatable bonds is 5. The minimum absolute atomic E-state index is 0.0143. The van der Waals surface area contributed by atoms with Crippen LogP contribution in [0.2, 0.25) is 0 Å². The molecule has 0 unspecified atom stereocenters. The molecule has 7 heteroatoms. The van der Waals surface area contributed by atoms with Gasteiger partial charge in [-0.25, -0.2) is 8.78 Å². The second kappa shape index (κ2) is 6.61. The summed E-state index contributed by atoms with van der Waals surface area (Å²) in [6.45, 7) is 1.56. The Morgan fingerprint density at radius 3 is 2.60 bits per heavy atom. The van der Waals surface area contributed by atoms with Crippen LogP contribution in [0, 0.1) is 28.9 Å². The van der Waals surface area contributed by atoms with Gasteiger partial charge in [0.05, 0.1) is 11.6 Å². The highest BCUT2D eigenvalue weighted by atomic mass is 19.1. The average Bonchev–Trinajstić information content (AvgIpc) is 2.37. The van der Waals surface area contributed by atoms with E-state index in [0.717, 1.165) is 12.1 Å². The lowest BCUT2D eigenvalue weighted by Gasteiger charge is -2.16. The van der Waals surface area contributed by atoms with Gasteiger partial charge in [0.2, 0.25) is 5.91 Å². The Bertz CT molecular complexity index is 569. The zero-order chi connectivity index (χ0) is 15.3. The summed E-state index contributed by atoms with van der Waals surface area (Å²) in [5, 5.41) is 10.9. The number of nitrogens with zero attached hydrogens (tertiary/aromatic N) is 1. The summed E-state index contributed by atoms with van der Waals surface area (Å²) in [7, 11) is 0. The number of nitriles is 1. The first-order chi connectivity index (χ1) is 9.35. The quantitative estimate of drug-likeness (QED) is 0.845. The summed E-state index contributed by atoms with van der Waals surface area (Å²) in [6.07, 6.45) is 0.0143. The Hall–Kier alpha value is -2.49. The van der Waals surface area contributed by atoms with Crippen LogP contribution in [-0.2, 0) is 4.79 Å². The van der Waals surface area contributed by atoms with Gasteiger partial charge < -0.3 is 11.1 Å². The number of primary amides is 1. The van der Waals surface area contributed by atoms with Crippen molar-refractivity contribution >= 4 is 11.8 Å². The number of carbonyl (C=O) groups excluding carboxylic acids is 2. The maximum Gasteiger partial charge on any atom is 0.254 e. The maximum absolute atomic E-state index is 13.4. The Kier molecular flexibility index (Phi) is 5.15. The van der Waals surface area contributed by atoms with Gasteiger partial charge in [0.15, 0.2) is 0 Å². The highest BCUT2D eigenvalue weighted by Crippen LogP contribution is 2.11. The summed E-state index contributed by atoms with van der Waals surface area (Å²) in [5.41, 5.74) is 4.71. The highest BCUT2D eigenvalue weighted by molar-refractivity contribution is 5.97. The van der Waals surface area contributed by atoms with Crippen LogP contribution >= 0.6 is 0 Å². The Labute approximate surface area is 114 Å². The molecule has 1 aromatic rings. The van der Waals surface area contributed by atoms with Crippen molar-refractivity contribution in [3.05, 3.63) is 35.4 Å². The fourth-order valence-corrected chi connectivity index (χ4v) is 1.56. The Balaban J connectivity index is 2.86. The van der Waals surface area contributed by atoms with Crippen molar-refractivity contribution in [3.8, 4) is 6.07 Å². The van der Waals surface area contributed by atoms with E-state index in [9.17, 15) is 18.4 Å². The molecule has 0 aliphatic heterocycles. The molecule has 0 aliphatic carbocycles. The monoisotopic (exact) mass is 281 g/mol. The van der Waals surface area contributed by atoms with Gasteiger partial charge in [0, 0.05) is 12.0 Å². The number of benzene rings is 1. The van der Waals surface area contributed by atoms with Gasteiger partial charge in [-0.05, 0) is 25.5 Å². The summed E-state index contributed by atoms with van der Waals surface area (Å²) in [5.74, 6) is -4.09. The van der Waals surface area contributed by atoms with E-state index in [1.54, 1.807) is 6.92 Å². The van der Waals surface area contributed by atoms with Crippen LogP contribution in [0.1, 0.15) is 23.7 Å². The predicted molar refractivity (Wildman–Crippen MR) is 66.2 cm³/mol. The molecule has 2 atom stereocenters. The Morgan fingerprint density at radius 1 is 1.45 bits per heavy atom. The molecule has 0 fully saturated rings. The molecule has 2 amide bonds. The van der Waals surface area contributed by atoms with Crippen LogP contribution < -0.4 is 11.1 Å². The lowest BCUT2D eigenvalue weighted by Crippen LogP contribution is -2.45. The van der Waals surface area contributed by atoms with Crippen molar-refractivity contribution in [2.45, 2.75) is 19.4 Å². The van der Waals surface area contributed by atoms with E-state index in [4.69, 9.17) is 11.0 Å². The van der Waals surface area contributed by atoms with Crippen LogP contribution in [0.25, 0.3) is 0 Å². The molecule has 106 valence electrons. The van der Waals surface area contributed by atoms with Crippen LogP contribution in [0.4, 0.5) is 8.78 Å². The van der Waals surface area contributed by atoms with Crippen LogP contribution in [-0.4, -0.2) is 17.9 Å². The largest absolute Gasteiger partial charge is 0.368 e. The molecule has 0 saturated heterocycles.